The molecule has 84 valence electrons. The summed E-state index contributed by atoms with van der Waals surface area (Å²) in [7, 11) is 0. The van der Waals surface area contributed by atoms with Crippen molar-refractivity contribution in [3.63, 3.8) is 0 Å². The third-order valence-corrected chi connectivity index (χ3v) is 2.30. The van der Waals surface area contributed by atoms with Gasteiger partial charge in [0.1, 0.15) is 6.04 Å². The van der Waals surface area contributed by atoms with E-state index in [4.69, 9.17) is 5.11 Å². The van der Waals surface area contributed by atoms with Crippen molar-refractivity contribution in [2.75, 3.05) is 17.2 Å². The third kappa shape index (κ3) is 2.05. The Morgan fingerprint density at radius 2 is 2.06 bits per heavy atom. The highest BCUT2D eigenvalue weighted by atomic mass is 16.4. The summed E-state index contributed by atoms with van der Waals surface area (Å²) in [5.74, 6) is -0.361. The van der Waals surface area contributed by atoms with Gasteiger partial charge in [0.15, 0.2) is 0 Å². The number of hydrogen-bond donors (Lipinski definition) is 4. The second-order valence-electron chi connectivity index (χ2n) is 3.42. The van der Waals surface area contributed by atoms with Crippen LogP contribution < -0.4 is 16.0 Å². The van der Waals surface area contributed by atoms with Crippen LogP contribution in [0.5, 0.6) is 0 Å². The van der Waals surface area contributed by atoms with Crippen LogP contribution >= 0.6 is 0 Å². The Labute approximate surface area is 91.7 Å². The smallest absolute Gasteiger partial charge is 0.405 e. The van der Waals surface area contributed by atoms with E-state index < -0.39 is 12.1 Å². The van der Waals surface area contributed by atoms with E-state index in [2.05, 4.69) is 16.0 Å². The minimum Gasteiger partial charge on any atom is -0.465 e. The fourth-order valence-corrected chi connectivity index (χ4v) is 1.54. The molecule has 6 nitrogen and oxygen atoms in total. The molecule has 1 heterocycles. The molecule has 16 heavy (non-hydrogen) atoms. The zero-order valence-corrected chi connectivity index (χ0v) is 8.36. The van der Waals surface area contributed by atoms with Crippen molar-refractivity contribution in [1.82, 2.24) is 5.32 Å². The molecule has 1 aliphatic heterocycles. The molecule has 6 heteroatoms. The molecule has 0 saturated carbocycles. The van der Waals surface area contributed by atoms with Crippen LogP contribution in [0.3, 0.4) is 0 Å². The first-order chi connectivity index (χ1) is 7.66. The second-order valence-corrected chi connectivity index (χ2v) is 3.42. The van der Waals surface area contributed by atoms with Crippen LogP contribution in [0.1, 0.15) is 0 Å². The van der Waals surface area contributed by atoms with Gasteiger partial charge < -0.3 is 21.1 Å². The van der Waals surface area contributed by atoms with E-state index in [1.807, 2.05) is 12.1 Å². The van der Waals surface area contributed by atoms with Crippen molar-refractivity contribution in [2.24, 2.45) is 0 Å². The maximum absolute atomic E-state index is 11.6. The van der Waals surface area contributed by atoms with E-state index in [1.54, 1.807) is 12.1 Å². The van der Waals surface area contributed by atoms with Crippen LogP contribution in [0.15, 0.2) is 24.3 Å². The molecule has 1 unspecified atom stereocenters. The number of hydrogen-bond acceptors (Lipinski definition) is 3. The summed E-state index contributed by atoms with van der Waals surface area (Å²) in [6.07, 6.45) is -1.21. The molecule has 0 aromatic heterocycles. The van der Waals surface area contributed by atoms with E-state index in [1.165, 1.54) is 0 Å². The monoisotopic (exact) mass is 221 g/mol. The standard InChI is InChI=1S/C10H11N3O3/c14-9-8(13-10(15)16)5-11-6-3-1-2-4-7(6)12-9/h1-4,8,11,13H,5H2,(H,12,14)(H,15,16). The van der Waals surface area contributed by atoms with Crippen molar-refractivity contribution < 1.29 is 14.7 Å². The van der Waals surface area contributed by atoms with Crippen molar-refractivity contribution in [2.45, 2.75) is 6.04 Å². The van der Waals surface area contributed by atoms with Gasteiger partial charge in [0, 0.05) is 6.54 Å². The summed E-state index contributed by atoms with van der Waals surface area (Å²) >= 11 is 0. The van der Waals surface area contributed by atoms with Gasteiger partial charge in [-0.15, -0.1) is 0 Å². The summed E-state index contributed by atoms with van der Waals surface area (Å²) in [5.41, 5.74) is 1.44. The lowest BCUT2D eigenvalue weighted by molar-refractivity contribution is -0.117. The van der Waals surface area contributed by atoms with Gasteiger partial charge in [-0.05, 0) is 12.1 Å². The number of carbonyl (C=O) groups is 2. The van der Waals surface area contributed by atoms with E-state index in [-0.39, 0.29) is 12.5 Å². The number of para-hydroxylation sites is 2. The number of amides is 2. The molecule has 0 radical (unpaired) electrons. The third-order valence-electron chi connectivity index (χ3n) is 2.30. The zero-order chi connectivity index (χ0) is 11.5. The molecule has 2 rings (SSSR count). The number of carbonyl (C=O) groups excluding carboxylic acids is 1. The van der Waals surface area contributed by atoms with Crippen molar-refractivity contribution >= 4 is 23.4 Å². The van der Waals surface area contributed by atoms with Gasteiger partial charge in [-0.3, -0.25) is 4.79 Å². The molecule has 0 spiro atoms. The van der Waals surface area contributed by atoms with E-state index in [0.717, 1.165) is 5.69 Å². The van der Waals surface area contributed by atoms with Gasteiger partial charge >= 0.3 is 6.09 Å². The van der Waals surface area contributed by atoms with E-state index in [9.17, 15) is 9.59 Å². The summed E-state index contributed by atoms with van der Waals surface area (Å²) in [6, 6.07) is 6.42. The normalized spacial score (nSPS) is 18.8. The van der Waals surface area contributed by atoms with Crippen LogP contribution in [-0.2, 0) is 4.79 Å². The lowest BCUT2D eigenvalue weighted by Crippen LogP contribution is -2.46. The minimum absolute atomic E-state index is 0.231. The van der Waals surface area contributed by atoms with Crippen LogP contribution in [0.2, 0.25) is 0 Å². The molecule has 1 atom stereocenters. The Morgan fingerprint density at radius 1 is 1.38 bits per heavy atom. The number of fused-ring (bicyclic) bond motifs is 1. The molecule has 0 aliphatic carbocycles. The minimum atomic E-state index is -1.21. The first-order valence-corrected chi connectivity index (χ1v) is 4.80. The quantitative estimate of drug-likeness (QED) is 0.561. The summed E-state index contributed by atoms with van der Waals surface area (Å²) in [6.45, 7) is 0.231. The number of anilines is 2. The Kier molecular flexibility index (Phi) is 2.63. The predicted octanol–water partition coefficient (Wildman–Crippen LogP) is 0.687. The molecule has 1 aromatic carbocycles. The molecule has 1 aliphatic rings. The van der Waals surface area contributed by atoms with Gasteiger partial charge in [0.2, 0.25) is 5.91 Å². The lowest BCUT2D eigenvalue weighted by atomic mass is 10.2. The molecule has 2 amide bonds. The summed E-state index contributed by atoms with van der Waals surface area (Å²) < 4.78 is 0. The molecular formula is C10H11N3O3. The maximum Gasteiger partial charge on any atom is 0.405 e. The van der Waals surface area contributed by atoms with E-state index in [0.29, 0.717) is 5.69 Å². The van der Waals surface area contributed by atoms with Gasteiger partial charge in [-0.25, -0.2) is 4.79 Å². The fraction of sp³-hybridized carbons (Fsp3) is 0.200. The van der Waals surface area contributed by atoms with Crippen LogP contribution in [-0.4, -0.2) is 29.7 Å². The zero-order valence-electron chi connectivity index (χ0n) is 8.36. The highest BCUT2D eigenvalue weighted by Crippen LogP contribution is 2.22. The Hall–Kier alpha value is -2.24. The van der Waals surface area contributed by atoms with Crippen LogP contribution in [0.25, 0.3) is 0 Å². The summed E-state index contributed by atoms with van der Waals surface area (Å²) in [4.78, 5) is 22.1. The molecule has 1 aromatic rings. The van der Waals surface area contributed by atoms with Gasteiger partial charge in [-0.2, -0.15) is 0 Å². The highest BCUT2D eigenvalue weighted by Gasteiger charge is 2.24. The van der Waals surface area contributed by atoms with Crippen molar-refractivity contribution in [1.29, 1.82) is 0 Å². The van der Waals surface area contributed by atoms with Crippen molar-refractivity contribution in [3.05, 3.63) is 24.3 Å². The van der Waals surface area contributed by atoms with E-state index >= 15 is 0 Å². The molecule has 0 saturated heterocycles. The predicted molar refractivity (Wildman–Crippen MR) is 58.5 cm³/mol. The van der Waals surface area contributed by atoms with Gasteiger partial charge in [0.25, 0.3) is 0 Å². The Morgan fingerprint density at radius 3 is 2.75 bits per heavy atom. The fourth-order valence-electron chi connectivity index (χ4n) is 1.54. The van der Waals surface area contributed by atoms with Gasteiger partial charge in [-0.1, -0.05) is 12.1 Å². The average molecular weight is 221 g/mol. The summed E-state index contributed by atoms with van der Waals surface area (Å²) in [5, 5.41) is 16.4. The molecule has 0 bridgehead atoms. The number of rotatable bonds is 1. The first kappa shape index (κ1) is 10.3. The first-order valence-electron chi connectivity index (χ1n) is 4.80. The van der Waals surface area contributed by atoms with Crippen LogP contribution in [0, 0.1) is 0 Å². The maximum atomic E-state index is 11.6. The Bertz CT molecular complexity index is 433. The topological polar surface area (TPSA) is 90.5 Å². The largest absolute Gasteiger partial charge is 0.465 e. The van der Waals surface area contributed by atoms with Crippen LogP contribution in [0.4, 0.5) is 16.2 Å². The molecule has 4 N–H and O–H groups in total. The SMILES string of the molecule is O=C(O)NC1CNc2ccccc2NC1=O. The molecular weight excluding hydrogens is 210 g/mol. The number of carboxylic acid groups (broad SMARTS) is 1. The Balaban J connectivity index is 2.18. The lowest BCUT2D eigenvalue weighted by Gasteiger charge is -2.12. The average Bonchev–Trinajstić information content (AvgIpc) is 2.39. The van der Waals surface area contributed by atoms with Crippen molar-refractivity contribution in [3.8, 4) is 0 Å². The molecule has 0 fully saturated rings. The second kappa shape index (κ2) is 4.09. The van der Waals surface area contributed by atoms with Gasteiger partial charge in [0.05, 0.1) is 11.4 Å². The number of benzene rings is 1. The number of nitrogens with one attached hydrogen (secondary N) is 3. The highest BCUT2D eigenvalue weighted by molar-refractivity contribution is 6.00.